The summed E-state index contributed by atoms with van der Waals surface area (Å²) in [5, 5.41) is 63.5. The quantitative estimate of drug-likeness (QED) is 0.166. The molecule has 2 saturated heterocycles. The molecular weight excluding hydrogens is 504 g/mol. The average Bonchev–Trinajstić information content (AvgIpc) is 3.29. The van der Waals surface area contributed by atoms with Crippen LogP contribution in [-0.2, 0) is 9.47 Å². The van der Waals surface area contributed by atoms with Gasteiger partial charge in [-0.25, -0.2) is 9.59 Å². The Balaban J connectivity index is 1.41. The lowest BCUT2D eigenvalue weighted by Crippen LogP contribution is -2.36. The van der Waals surface area contributed by atoms with Gasteiger partial charge in [0, 0.05) is 12.4 Å². The van der Waals surface area contributed by atoms with Crippen LogP contribution in [-0.4, -0.2) is 105 Å². The summed E-state index contributed by atoms with van der Waals surface area (Å²) < 4.78 is 12.5. The number of aromatic nitrogens is 4. The third-order valence-corrected chi connectivity index (χ3v) is 5.93. The predicted molar refractivity (Wildman–Crippen MR) is 123 cm³/mol. The first-order chi connectivity index (χ1) is 17.1. The molecule has 36 heavy (non-hydrogen) atoms. The summed E-state index contributed by atoms with van der Waals surface area (Å²) in [4.78, 5) is 32.4. The summed E-state index contributed by atoms with van der Waals surface area (Å²) in [6.45, 7) is -1.09. The van der Waals surface area contributed by atoms with Gasteiger partial charge >= 0.3 is 11.4 Å². The molecule has 8 N–H and O–H groups in total. The largest absolute Gasteiger partial charge is 0.394 e. The van der Waals surface area contributed by atoms with E-state index in [9.17, 15) is 40.2 Å². The lowest BCUT2D eigenvalue weighted by molar-refractivity contribution is -0.0549. The second kappa shape index (κ2) is 10.6. The Morgan fingerprint density at radius 2 is 1.19 bits per heavy atom. The molecule has 0 radical (unpaired) electrons. The zero-order chi connectivity index (χ0) is 26.1. The molecule has 16 nitrogen and oxygen atoms in total. The van der Waals surface area contributed by atoms with E-state index in [0.717, 1.165) is 9.13 Å². The fourth-order valence-electron chi connectivity index (χ4n) is 3.84. The smallest absolute Gasteiger partial charge is 0.351 e. The van der Waals surface area contributed by atoms with E-state index in [1.54, 1.807) is 0 Å². The highest BCUT2D eigenvalue weighted by atomic mass is 32.1. The van der Waals surface area contributed by atoms with E-state index in [1.165, 1.54) is 24.5 Å². The molecular formula is C19H24N6O10S. The Labute approximate surface area is 207 Å². The predicted octanol–water partition coefficient (Wildman–Crippen LogP) is -4.17. The average molecular weight is 529 g/mol. The number of aliphatic hydroxyl groups is 6. The third-order valence-electron chi connectivity index (χ3n) is 5.73. The highest BCUT2D eigenvalue weighted by Crippen LogP contribution is 2.29. The van der Waals surface area contributed by atoms with Gasteiger partial charge in [0.05, 0.1) is 13.2 Å². The molecule has 2 aromatic rings. The van der Waals surface area contributed by atoms with E-state index in [-0.39, 0.29) is 16.7 Å². The van der Waals surface area contributed by atoms with Crippen LogP contribution in [0.4, 0.5) is 11.6 Å². The molecule has 196 valence electrons. The molecule has 0 amide bonds. The number of aliphatic hydroxyl groups excluding tert-OH is 6. The third kappa shape index (κ3) is 5.01. The summed E-state index contributed by atoms with van der Waals surface area (Å²) >= 11 is 5.14. The van der Waals surface area contributed by atoms with Crippen LogP contribution in [0.3, 0.4) is 0 Å². The van der Waals surface area contributed by atoms with Gasteiger partial charge in [-0.2, -0.15) is 9.97 Å². The van der Waals surface area contributed by atoms with Crippen molar-refractivity contribution in [1.82, 2.24) is 19.1 Å². The van der Waals surface area contributed by atoms with Gasteiger partial charge in [0.15, 0.2) is 17.6 Å². The SMILES string of the molecule is O=c1nc(NC(=S)Nc2ccn([C@H]3O[C@@H](CO)[C@@H](O)[C@H]3O)c(=O)n2)ccn1[C@@H]1O[C@@H](CO)[C@@H](O)[C@@H]1O. The first-order valence-electron chi connectivity index (χ1n) is 10.7. The van der Waals surface area contributed by atoms with Gasteiger partial charge in [-0.3, -0.25) is 9.13 Å². The lowest BCUT2D eigenvalue weighted by Gasteiger charge is -2.18. The van der Waals surface area contributed by atoms with Gasteiger partial charge in [0.25, 0.3) is 0 Å². The summed E-state index contributed by atoms with van der Waals surface area (Å²) in [6.07, 6.45) is -7.77. The van der Waals surface area contributed by atoms with E-state index in [4.69, 9.17) is 21.7 Å². The van der Waals surface area contributed by atoms with Crippen molar-refractivity contribution < 1.29 is 40.1 Å². The van der Waals surface area contributed by atoms with Crippen molar-refractivity contribution in [2.75, 3.05) is 23.8 Å². The van der Waals surface area contributed by atoms with Gasteiger partial charge < -0.3 is 50.7 Å². The molecule has 17 heteroatoms. The summed E-state index contributed by atoms with van der Waals surface area (Å²) in [5.41, 5.74) is -1.67. The minimum atomic E-state index is -1.45. The second-order valence-corrected chi connectivity index (χ2v) is 8.45. The molecule has 0 aliphatic carbocycles. The number of rotatable bonds is 6. The number of ether oxygens (including phenoxy) is 2. The van der Waals surface area contributed by atoms with Crippen LogP contribution >= 0.6 is 12.2 Å². The van der Waals surface area contributed by atoms with Crippen molar-refractivity contribution in [2.24, 2.45) is 0 Å². The minimum absolute atomic E-state index is 0.0142. The number of nitrogens with zero attached hydrogens (tertiary/aromatic N) is 4. The monoisotopic (exact) mass is 528 g/mol. The molecule has 4 rings (SSSR count). The molecule has 4 heterocycles. The Morgan fingerprint density at radius 1 is 0.806 bits per heavy atom. The number of hydrogen-bond acceptors (Lipinski definition) is 13. The van der Waals surface area contributed by atoms with Crippen LogP contribution in [0.15, 0.2) is 34.1 Å². The first kappa shape index (κ1) is 26.2. The van der Waals surface area contributed by atoms with Crippen LogP contribution in [0.25, 0.3) is 0 Å². The van der Waals surface area contributed by atoms with Gasteiger partial charge in [0.2, 0.25) is 0 Å². The Hall–Kier alpha value is -2.87. The van der Waals surface area contributed by atoms with E-state index in [1.807, 2.05) is 0 Å². The van der Waals surface area contributed by atoms with E-state index >= 15 is 0 Å². The highest BCUT2D eigenvalue weighted by Gasteiger charge is 2.44. The maximum Gasteiger partial charge on any atom is 0.351 e. The molecule has 0 saturated carbocycles. The van der Waals surface area contributed by atoms with Crippen LogP contribution in [0.2, 0.25) is 0 Å². The van der Waals surface area contributed by atoms with Crippen LogP contribution in [0, 0.1) is 0 Å². The zero-order valence-electron chi connectivity index (χ0n) is 18.4. The first-order valence-corrected chi connectivity index (χ1v) is 11.1. The van der Waals surface area contributed by atoms with Crippen molar-refractivity contribution in [3.05, 3.63) is 45.5 Å². The summed E-state index contributed by atoms with van der Waals surface area (Å²) in [6, 6.07) is 2.69. The molecule has 2 aliphatic heterocycles. The summed E-state index contributed by atoms with van der Waals surface area (Å²) in [5.74, 6) is 0.0284. The van der Waals surface area contributed by atoms with E-state index in [0.29, 0.717) is 0 Å². The fraction of sp³-hybridized carbons (Fsp3) is 0.526. The topological polar surface area (TPSA) is 234 Å². The Bertz CT molecular complexity index is 1130. The standard InChI is InChI=1S/C19H24N6O10S/c26-5-7-11(28)13(30)15(34-7)24-3-1-9(22-18(24)32)20-17(36)21-10-2-4-25(19(33)23-10)16-14(31)12(29)8(6-27)35-16/h1-4,7-8,11-16,26-31H,5-6H2,(H2,20,21,22,23,32,33,36)/t7-,8-,11+,12+,13-,14+,15+,16-/m0/s1. The number of hydrogen-bond donors (Lipinski definition) is 8. The molecule has 0 unspecified atom stereocenters. The van der Waals surface area contributed by atoms with Crippen molar-refractivity contribution in [3.63, 3.8) is 0 Å². The van der Waals surface area contributed by atoms with Gasteiger partial charge in [-0.05, 0) is 24.4 Å². The van der Waals surface area contributed by atoms with Crippen LogP contribution < -0.4 is 22.0 Å². The van der Waals surface area contributed by atoms with Crippen LogP contribution in [0.1, 0.15) is 12.5 Å². The van der Waals surface area contributed by atoms with Gasteiger partial charge in [0.1, 0.15) is 48.3 Å². The van der Waals surface area contributed by atoms with Crippen molar-refractivity contribution in [1.29, 1.82) is 0 Å². The molecule has 2 aliphatic rings. The normalized spacial score (nSPS) is 31.9. The summed E-state index contributed by atoms with van der Waals surface area (Å²) in [7, 11) is 0. The number of thiocarbonyl (C=S) groups is 1. The Kier molecular flexibility index (Phi) is 7.73. The van der Waals surface area contributed by atoms with Gasteiger partial charge in [-0.1, -0.05) is 0 Å². The van der Waals surface area contributed by atoms with Crippen molar-refractivity contribution in [2.45, 2.75) is 49.1 Å². The molecule has 0 aromatic carbocycles. The molecule has 2 aromatic heterocycles. The second-order valence-electron chi connectivity index (χ2n) is 8.04. The van der Waals surface area contributed by atoms with E-state index in [2.05, 4.69) is 20.6 Å². The maximum atomic E-state index is 12.4. The number of nitrogens with one attached hydrogen (secondary N) is 2. The highest BCUT2D eigenvalue weighted by molar-refractivity contribution is 7.80. The number of anilines is 2. The van der Waals surface area contributed by atoms with E-state index < -0.39 is 73.7 Å². The molecule has 0 spiro atoms. The molecule has 8 atom stereocenters. The van der Waals surface area contributed by atoms with Crippen molar-refractivity contribution in [3.8, 4) is 0 Å². The zero-order valence-corrected chi connectivity index (χ0v) is 19.2. The Morgan fingerprint density at radius 3 is 1.50 bits per heavy atom. The minimum Gasteiger partial charge on any atom is -0.394 e. The van der Waals surface area contributed by atoms with Crippen molar-refractivity contribution >= 4 is 29.0 Å². The molecule has 0 bridgehead atoms. The fourth-order valence-corrected chi connectivity index (χ4v) is 4.04. The molecule has 2 fully saturated rings. The lowest BCUT2D eigenvalue weighted by atomic mass is 10.1. The van der Waals surface area contributed by atoms with Crippen LogP contribution in [0.5, 0.6) is 0 Å². The maximum absolute atomic E-state index is 12.4. The van der Waals surface area contributed by atoms with Gasteiger partial charge in [-0.15, -0.1) is 0 Å².